The van der Waals surface area contributed by atoms with Crippen LogP contribution in [0.5, 0.6) is 5.75 Å². The summed E-state index contributed by atoms with van der Waals surface area (Å²) < 4.78 is 11.2. The van der Waals surface area contributed by atoms with E-state index in [4.69, 9.17) is 9.47 Å². The highest BCUT2D eigenvalue weighted by Gasteiger charge is 2.36. The molecule has 8 nitrogen and oxygen atoms in total. The molecule has 0 aromatic heterocycles. The second-order valence-corrected chi connectivity index (χ2v) is 8.66. The Balaban J connectivity index is 1.59. The number of anilines is 1. The lowest BCUT2D eigenvalue weighted by atomic mass is 9.94. The van der Waals surface area contributed by atoms with E-state index >= 15 is 0 Å². The zero-order chi connectivity index (χ0) is 24.8. The minimum absolute atomic E-state index is 0.248. The SMILES string of the molecule is CCOC(=O)C1=C(CN2CCN(c3ccccc3C)CC2)NC(=O)N[C@H]1c1ccccc1OCC. The van der Waals surface area contributed by atoms with Crippen molar-refractivity contribution >= 4 is 17.7 Å². The van der Waals surface area contributed by atoms with Crippen molar-refractivity contribution < 1.29 is 19.1 Å². The van der Waals surface area contributed by atoms with Crippen LogP contribution in [-0.4, -0.2) is 62.8 Å². The van der Waals surface area contributed by atoms with Gasteiger partial charge in [0.05, 0.1) is 24.8 Å². The molecule has 0 bridgehead atoms. The van der Waals surface area contributed by atoms with E-state index in [1.54, 1.807) is 6.92 Å². The van der Waals surface area contributed by atoms with Crippen LogP contribution in [0.4, 0.5) is 10.5 Å². The minimum Gasteiger partial charge on any atom is -0.494 e. The van der Waals surface area contributed by atoms with Gasteiger partial charge in [0.15, 0.2) is 0 Å². The molecule has 186 valence electrons. The number of nitrogens with one attached hydrogen (secondary N) is 2. The number of rotatable bonds is 8. The van der Waals surface area contributed by atoms with E-state index < -0.39 is 12.0 Å². The quantitative estimate of drug-likeness (QED) is 0.566. The Bertz CT molecular complexity index is 1090. The van der Waals surface area contributed by atoms with Crippen molar-refractivity contribution in [3.63, 3.8) is 0 Å². The standard InChI is InChI=1S/C27H34N4O4/c1-4-34-23-13-9-7-11-20(23)25-24(26(32)35-5-2)21(28-27(33)29-25)18-30-14-16-31(17-15-30)22-12-8-6-10-19(22)3/h6-13,25H,4-5,14-18H2,1-3H3,(H2,28,29,33)/t25-/m0/s1. The molecule has 8 heteroatoms. The Morgan fingerprint density at radius 1 is 1.00 bits per heavy atom. The number of hydrogen-bond acceptors (Lipinski definition) is 6. The second kappa shape index (κ2) is 11.3. The van der Waals surface area contributed by atoms with Gasteiger partial charge in [-0.1, -0.05) is 36.4 Å². The van der Waals surface area contributed by atoms with Crippen molar-refractivity contribution in [2.45, 2.75) is 26.8 Å². The van der Waals surface area contributed by atoms with E-state index in [2.05, 4.69) is 51.6 Å². The molecule has 0 aliphatic carbocycles. The number of amides is 2. The van der Waals surface area contributed by atoms with Crippen molar-refractivity contribution in [3.8, 4) is 5.75 Å². The molecule has 0 unspecified atom stereocenters. The molecule has 0 radical (unpaired) electrons. The number of ether oxygens (including phenoxy) is 2. The van der Waals surface area contributed by atoms with E-state index in [9.17, 15) is 9.59 Å². The second-order valence-electron chi connectivity index (χ2n) is 8.66. The normalized spacial score (nSPS) is 18.7. The van der Waals surface area contributed by atoms with Gasteiger partial charge in [-0.15, -0.1) is 0 Å². The molecule has 2 aliphatic heterocycles. The van der Waals surface area contributed by atoms with Gasteiger partial charge in [0.25, 0.3) is 0 Å². The maximum atomic E-state index is 13.1. The Labute approximate surface area is 206 Å². The van der Waals surface area contributed by atoms with Crippen LogP contribution in [0.2, 0.25) is 0 Å². The third-order valence-electron chi connectivity index (χ3n) is 6.39. The monoisotopic (exact) mass is 478 g/mol. The topological polar surface area (TPSA) is 83.1 Å². The van der Waals surface area contributed by atoms with Gasteiger partial charge in [0.1, 0.15) is 5.75 Å². The summed E-state index contributed by atoms with van der Waals surface area (Å²) in [6.07, 6.45) is 0. The van der Waals surface area contributed by atoms with E-state index in [1.807, 2.05) is 31.2 Å². The maximum Gasteiger partial charge on any atom is 0.338 e. The zero-order valence-electron chi connectivity index (χ0n) is 20.7. The fraction of sp³-hybridized carbons (Fsp3) is 0.407. The summed E-state index contributed by atoms with van der Waals surface area (Å²) in [4.78, 5) is 30.5. The van der Waals surface area contributed by atoms with Gasteiger partial charge >= 0.3 is 12.0 Å². The third kappa shape index (κ3) is 5.59. The van der Waals surface area contributed by atoms with Crippen LogP contribution in [0, 0.1) is 6.92 Å². The van der Waals surface area contributed by atoms with Crippen LogP contribution < -0.4 is 20.3 Å². The summed E-state index contributed by atoms with van der Waals surface area (Å²) in [6.45, 7) is 10.4. The highest BCUT2D eigenvalue weighted by molar-refractivity contribution is 5.95. The number of carbonyl (C=O) groups excluding carboxylic acids is 2. The number of benzene rings is 2. The Morgan fingerprint density at radius 2 is 1.71 bits per heavy atom. The van der Waals surface area contributed by atoms with E-state index in [1.165, 1.54) is 11.3 Å². The first-order valence-electron chi connectivity index (χ1n) is 12.2. The molecule has 2 amide bonds. The molecule has 1 atom stereocenters. The Hall–Kier alpha value is -3.52. The molecule has 0 spiro atoms. The number of carbonyl (C=O) groups is 2. The molecular weight excluding hydrogens is 444 g/mol. The van der Waals surface area contributed by atoms with Gasteiger partial charge in [-0.3, -0.25) is 4.90 Å². The van der Waals surface area contributed by atoms with Gasteiger partial charge in [0.2, 0.25) is 0 Å². The van der Waals surface area contributed by atoms with Crippen LogP contribution >= 0.6 is 0 Å². The number of piperazine rings is 1. The number of aryl methyl sites for hydroxylation is 1. The average molecular weight is 479 g/mol. The first kappa shape index (κ1) is 24.6. The minimum atomic E-state index is -0.659. The first-order chi connectivity index (χ1) is 17.0. The van der Waals surface area contributed by atoms with E-state index in [-0.39, 0.29) is 12.6 Å². The van der Waals surface area contributed by atoms with Crippen molar-refractivity contribution in [1.82, 2.24) is 15.5 Å². The fourth-order valence-corrected chi connectivity index (χ4v) is 4.72. The highest BCUT2D eigenvalue weighted by atomic mass is 16.5. The Kier molecular flexibility index (Phi) is 7.92. The van der Waals surface area contributed by atoms with E-state index in [0.717, 1.165) is 31.7 Å². The molecule has 2 aromatic rings. The van der Waals surface area contributed by atoms with Crippen LogP contribution in [-0.2, 0) is 9.53 Å². The van der Waals surface area contributed by atoms with E-state index in [0.29, 0.717) is 30.2 Å². The molecule has 2 N–H and O–H groups in total. The zero-order valence-corrected chi connectivity index (χ0v) is 20.7. The van der Waals surface area contributed by atoms with Gasteiger partial charge in [-0.2, -0.15) is 0 Å². The van der Waals surface area contributed by atoms with Crippen molar-refractivity contribution in [2.75, 3.05) is 50.8 Å². The summed E-state index contributed by atoms with van der Waals surface area (Å²) in [6, 6.07) is 14.9. The third-order valence-corrected chi connectivity index (χ3v) is 6.39. The predicted molar refractivity (Wildman–Crippen MR) is 136 cm³/mol. The number of nitrogens with zero attached hydrogens (tertiary/aromatic N) is 2. The van der Waals surface area contributed by atoms with Crippen LogP contribution in [0.15, 0.2) is 59.8 Å². The van der Waals surface area contributed by atoms with Gasteiger partial charge in [-0.05, 0) is 38.5 Å². The van der Waals surface area contributed by atoms with Crippen LogP contribution in [0.1, 0.15) is 31.0 Å². The molecule has 0 saturated carbocycles. The van der Waals surface area contributed by atoms with Gasteiger partial charge in [-0.25, -0.2) is 9.59 Å². The Morgan fingerprint density at radius 3 is 2.43 bits per heavy atom. The molecule has 35 heavy (non-hydrogen) atoms. The lowest BCUT2D eigenvalue weighted by molar-refractivity contribution is -0.139. The number of urea groups is 1. The van der Waals surface area contributed by atoms with Gasteiger partial charge in [0, 0.05) is 49.7 Å². The molecule has 2 heterocycles. The van der Waals surface area contributed by atoms with Crippen LogP contribution in [0.3, 0.4) is 0 Å². The van der Waals surface area contributed by atoms with Crippen molar-refractivity contribution in [3.05, 3.63) is 70.9 Å². The fourth-order valence-electron chi connectivity index (χ4n) is 4.72. The summed E-state index contributed by atoms with van der Waals surface area (Å²) >= 11 is 0. The highest BCUT2D eigenvalue weighted by Crippen LogP contribution is 2.34. The molecule has 2 aliphatic rings. The smallest absolute Gasteiger partial charge is 0.338 e. The largest absolute Gasteiger partial charge is 0.494 e. The van der Waals surface area contributed by atoms with Crippen LogP contribution in [0.25, 0.3) is 0 Å². The molecule has 4 rings (SSSR count). The number of para-hydroxylation sites is 2. The summed E-state index contributed by atoms with van der Waals surface area (Å²) in [5, 5.41) is 5.80. The summed E-state index contributed by atoms with van der Waals surface area (Å²) in [7, 11) is 0. The lowest BCUT2D eigenvalue weighted by Crippen LogP contribution is -2.52. The molecule has 1 saturated heterocycles. The van der Waals surface area contributed by atoms with Crippen molar-refractivity contribution in [1.29, 1.82) is 0 Å². The molecule has 1 fully saturated rings. The first-order valence-corrected chi connectivity index (χ1v) is 12.2. The lowest BCUT2D eigenvalue weighted by Gasteiger charge is -2.38. The summed E-state index contributed by atoms with van der Waals surface area (Å²) in [5.41, 5.74) is 4.23. The van der Waals surface area contributed by atoms with Crippen molar-refractivity contribution in [2.24, 2.45) is 0 Å². The predicted octanol–water partition coefficient (Wildman–Crippen LogP) is 3.39. The molecular formula is C27H34N4O4. The average Bonchev–Trinajstić information content (AvgIpc) is 2.85. The summed E-state index contributed by atoms with van der Waals surface area (Å²) in [5.74, 6) is 0.194. The van der Waals surface area contributed by atoms with Gasteiger partial charge < -0.3 is 25.0 Å². The maximum absolute atomic E-state index is 13.1. The number of esters is 1. The number of hydrogen-bond donors (Lipinski definition) is 2. The molecule has 2 aromatic carbocycles.